The van der Waals surface area contributed by atoms with E-state index in [1.807, 2.05) is 6.07 Å². The molecule has 1 aromatic rings. The van der Waals surface area contributed by atoms with Gasteiger partial charge in [-0.25, -0.2) is 0 Å². The van der Waals surface area contributed by atoms with Gasteiger partial charge in [-0.2, -0.15) is 0 Å². The Bertz CT molecular complexity index is 360. The second-order valence-corrected chi connectivity index (χ2v) is 3.35. The first-order valence-corrected chi connectivity index (χ1v) is 5.58. The van der Waals surface area contributed by atoms with E-state index in [4.69, 9.17) is 9.47 Å². The molecule has 18 heavy (non-hydrogen) atoms. The number of carbonyl (C=O) groups excluding carboxylic acids is 2. The monoisotopic (exact) mass is 259 g/mol. The summed E-state index contributed by atoms with van der Waals surface area (Å²) in [6.45, 7) is 3.87. The van der Waals surface area contributed by atoms with Crippen molar-refractivity contribution in [1.82, 2.24) is 0 Å². The fraction of sp³-hybridized carbons (Fsp3) is 0.385. The van der Waals surface area contributed by atoms with Gasteiger partial charge in [-0.05, 0) is 19.4 Å². The summed E-state index contributed by atoms with van der Waals surface area (Å²) in [7, 11) is 0. The van der Waals surface area contributed by atoms with E-state index in [9.17, 15) is 9.59 Å². The molecule has 1 aromatic carbocycles. The standard InChI is InChI=1S/C13H16O4.Na/c1-3-16-12(14)11(13(15)17-4-2)10-8-6-5-7-9-10;/h5-9,11H,3-4H2,1-2H3;. The zero-order chi connectivity index (χ0) is 12.7. The van der Waals surface area contributed by atoms with Crippen molar-refractivity contribution in [2.24, 2.45) is 0 Å². The summed E-state index contributed by atoms with van der Waals surface area (Å²) < 4.78 is 9.77. The van der Waals surface area contributed by atoms with Gasteiger partial charge in [0.15, 0.2) is 5.92 Å². The van der Waals surface area contributed by atoms with Crippen molar-refractivity contribution < 1.29 is 19.1 Å². The molecule has 0 amide bonds. The average Bonchev–Trinajstić information content (AvgIpc) is 2.31. The molecule has 4 nitrogen and oxygen atoms in total. The molecule has 5 heteroatoms. The average molecular weight is 259 g/mol. The smallest absolute Gasteiger partial charge is 0.324 e. The van der Waals surface area contributed by atoms with Gasteiger partial charge in [0.05, 0.1) is 13.2 Å². The van der Waals surface area contributed by atoms with E-state index < -0.39 is 17.9 Å². The SMILES string of the molecule is CCOC(=O)C(C(=O)OCC)c1ccccc1.[Na]. The molecule has 93 valence electrons. The fourth-order valence-electron chi connectivity index (χ4n) is 1.47. The molecule has 0 bridgehead atoms. The van der Waals surface area contributed by atoms with Gasteiger partial charge in [-0.15, -0.1) is 0 Å². The molecule has 0 saturated heterocycles. The van der Waals surface area contributed by atoms with Crippen molar-refractivity contribution in [3.8, 4) is 0 Å². The van der Waals surface area contributed by atoms with Crippen LogP contribution in [0.2, 0.25) is 0 Å². The Morgan fingerprint density at radius 1 is 1.00 bits per heavy atom. The van der Waals surface area contributed by atoms with Crippen molar-refractivity contribution >= 4 is 41.5 Å². The van der Waals surface area contributed by atoms with Gasteiger partial charge in [-0.3, -0.25) is 9.59 Å². The van der Waals surface area contributed by atoms with Gasteiger partial charge in [0.1, 0.15) is 0 Å². The third-order valence-corrected chi connectivity index (χ3v) is 2.18. The number of ether oxygens (including phenoxy) is 2. The summed E-state index contributed by atoms with van der Waals surface area (Å²) in [5.41, 5.74) is 0.587. The molecule has 0 heterocycles. The predicted molar refractivity (Wildman–Crippen MR) is 68.2 cm³/mol. The van der Waals surface area contributed by atoms with Crippen LogP contribution in [0.1, 0.15) is 25.3 Å². The first kappa shape index (κ1) is 17.2. The number of benzene rings is 1. The molecule has 0 spiro atoms. The van der Waals surface area contributed by atoms with Crippen LogP contribution in [-0.4, -0.2) is 54.7 Å². The zero-order valence-corrected chi connectivity index (χ0v) is 13.0. The molecule has 0 aliphatic heterocycles. The zero-order valence-electron chi connectivity index (χ0n) is 11.0. The molecule has 0 unspecified atom stereocenters. The number of carbonyl (C=O) groups is 2. The summed E-state index contributed by atoms with van der Waals surface area (Å²) in [5, 5.41) is 0. The number of rotatable bonds is 5. The third kappa shape index (κ3) is 4.80. The predicted octanol–water partition coefficient (Wildman–Crippen LogP) is 1.52. The largest absolute Gasteiger partial charge is 0.465 e. The van der Waals surface area contributed by atoms with Crippen molar-refractivity contribution in [3.63, 3.8) is 0 Å². The molecule has 0 aliphatic rings. The second-order valence-electron chi connectivity index (χ2n) is 3.35. The molecule has 1 radical (unpaired) electrons. The van der Waals surface area contributed by atoms with Gasteiger partial charge in [0, 0.05) is 29.6 Å². The van der Waals surface area contributed by atoms with Crippen LogP contribution < -0.4 is 0 Å². The Labute approximate surface area is 129 Å². The van der Waals surface area contributed by atoms with E-state index in [0.29, 0.717) is 5.56 Å². The molecule has 0 atom stereocenters. The topological polar surface area (TPSA) is 52.6 Å². The maximum absolute atomic E-state index is 11.7. The van der Waals surface area contributed by atoms with E-state index in [1.54, 1.807) is 38.1 Å². The maximum Gasteiger partial charge on any atom is 0.324 e. The van der Waals surface area contributed by atoms with Gasteiger partial charge in [-0.1, -0.05) is 30.3 Å². The quantitative estimate of drug-likeness (QED) is 0.457. The van der Waals surface area contributed by atoms with Crippen LogP contribution in [0.25, 0.3) is 0 Å². The Kier molecular flexibility index (Phi) is 8.71. The summed E-state index contributed by atoms with van der Waals surface area (Å²) in [5.74, 6) is -2.13. The fourth-order valence-corrected chi connectivity index (χ4v) is 1.47. The van der Waals surface area contributed by atoms with Gasteiger partial charge < -0.3 is 9.47 Å². The minimum Gasteiger partial charge on any atom is -0.465 e. The van der Waals surface area contributed by atoms with Crippen molar-refractivity contribution in [2.75, 3.05) is 13.2 Å². The second kappa shape index (κ2) is 9.14. The normalized spacial score (nSPS) is 9.50. The Balaban J connectivity index is 0.00000289. The molecule has 0 fully saturated rings. The molecular formula is C13H16NaO4. The summed E-state index contributed by atoms with van der Waals surface area (Å²) in [4.78, 5) is 23.5. The van der Waals surface area contributed by atoms with E-state index in [1.165, 1.54) is 0 Å². The van der Waals surface area contributed by atoms with E-state index in [-0.39, 0.29) is 42.8 Å². The molecule has 0 N–H and O–H groups in total. The van der Waals surface area contributed by atoms with Gasteiger partial charge >= 0.3 is 11.9 Å². The van der Waals surface area contributed by atoms with Crippen molar-refractivity contribution in [3.05, 3.63) is 35.9 Å². The number of hydrogen-bond acceptors (Lipinski definition) is 4. The maximum atomic E-state index is 11.7. The summed E-state index contributed by atoms with van der Waals surface area (Å²) in [6, 6.07) is 8.76. The molecule has 1 rings (SSSR count). The number of hydrogen-bond donors (Lipinski definition) is 0. The first-order chi connectivity index (χ1) is 8.20. The van der Waals surface area contributed by atoms with Crippen molar-refractivity contribution in [1.29, 1.82) is 0 Å². The Hall–Kier alpha value is -0.840. The number of esters is 2. The molecule has 0 aromatic heterocycles. The van der Waals surface area contributed by atoms with Crippen LogP contribution in [0.15, 0.2) is 30.3 Å². The van der Waals surface area contributed by atoms with Crippen LogP contribution in [0.5, 0.6) is 0 Å². The minimum absolute atomic E-state index is 0. The summed E-state index contributed by atoms with van der Waals surface area (Å²) >= 11 is 0. The van der Waals surface area contributed by atoms with Gasteiger partial charge in [0.2, 0.25) is 0 Å². The van der Waals surface area contributed by atoms with Gasteiger partial charge in [0.25, 0.3) is 0 Å². The molecule has 0 saturated carbocycles. The third-order valence-electron chi connectivity index (χ3n) is 2.18. The Morgan fingerprint density at radius 2 is 1.44 bits per heavy atom. The first-order valence-electron chi connectivity index (χ1n) is 5.58. The van der Waals surface area contributed by atoms with Crippen LogP contribution in [-0.2, 0) is 19.1 Å². The molecular weight excluding hydrogens is 243 g/mol. The molecule has 0 aliphatic carbocycles. The summed E-state index contributed by atoms with van der Waals surface area (Å²) in [6.07, 6.45) is 0. The van der Waals surface area contributed by atoms with Crippen molar-refractivity contribution in [2.45, 2.75) is 19.8 Å². The van der Waals surface area contributed by atoms with E-state index in [0.717, 1.165) is 0 Å². The van der Waals surface area contributed by atoms with E-state index in [2.05, 4.69) is 0 Å². The van der Waals surface area contributed by atoms with Crippen LogP contribution in [0.3, 0.4) is 0 Å². The van der Waals surface area contributed by atoms with E-state index >= 15 is 0 Å². The minimum atomic E-state index is -0.990. The van der Waals surface area contributed by atoms with Crippen LogP contribution >= 0.6 is 0 Å². The van der Waals surface area contributed by atoms with Crippen LogP contribution in [0.4, 0.5) is 0 Å². The van der Waals surface area contributed by atoms with Crippen LogP contribution in [0, 0.1) is 0 Å². The Morgan fingerprint density at radius 3 is 1.83 bits per heavy atom.